The molecule has 3 aromatic carbocycles. The molecule has 7 heteroatoms. The van der Waals surface area contributed by atoms with Gasteiger partial charge in [0.05, 0.1) is 23.0 Å². The van der Waals surface area contributed by atoms with Crippen LogP contribution in [0.1, 0.15) is 36.9 Å². The lowest BCUT2D eigenvalue weighted by Crippen LogP contribution is -2.16. The van der Waals surface area contributed by atoms with Gasteiger partial charge in [0.25, 0.3) is 5.56 Å². The van der Waals surface area contributed by atoms with Crippen molar-refractivity contribution < 1.29 is 4.74 Å². The van der Waals surface area contributed by atoms with Crippen LogP contribution in [-0.2, 0) is 6.42 Å². The van der Waals surface area contributed by atoms with Crippen LogP contribution in [-0.4, -0.2) is 26.5 Å². The number of nitrogens with one attached hydrogen (secondary N) is 1. The molecule has 0 atom stereocenters. The van der Waals surface area contributed by atoms with Gasteiger partial charge in [-0.3, -0.25) is 9.36 Å². The van der Waals surface area contributed by atoms with Gasteiger partial charge in [-0.2, -0.15) is 0 Å². The number of fused-ring (bicyclic) bond motifs is 1. The first-order chi connectivity index (χ1) is 18.6. The fourth-order valence-corrected chi connectivity index (χ4v) is 5.14. The fourth-order valence-electron chi connectivity index (χ4n) is 4.50. The summed E-state index contributed by atoms with van der Waals surface area (Å²) in [7, 11) is 0. The van der Waals surface area contributed by atoms with Crippen molar-refractivity contribution in [1.82, 2.24) is 14.5 Å². The number of hydrogen-bond donors (Lipinski definition) is 1. The Hall–Kier alpha value is -3.35. The van der Waals surface area contributed by atoms with E-state index in [-0.39, 0.29) is 5.56 Å². The van der Waals surface area contributed by atoms with Crippen LogP contribution in [0.15, 0.2) is 89.9 Å². The van der Waals surface area contributed by atoms with E-state index in [1.807, 2.05) is 66.9 Å². The molecular weight excluding hydrogens is 562 g/mol. The van der Waals surface area contributed by atoms with Crippen LogP contribution in [0.2, 0.25) is 5.02 Å². The zero-order valence-corrected chi connectivity index (χ0v) is 23.3. The van der Waals surface area contributed by atoms with E-state index >= 15 is 0 Å². The van der Waals surface area contributed by atoms with Gasteiger partial charge in [0.2, 0.25) is 0 Å². The monoisotopic (exact) mass is 589 g/mol. The lowest BCUT2D eigenvalue weighted by molar-refractivity contribution is 0.305. The number of aromatic nitrogens is 3. The lowest BCUT2D eigenvalue weighted by atomic mass is 10.1. The number of alkyl halides is 1. The zero-order chi connectivity index (χ0) is 26.3. The third-order valence-corrected chi connectivity index (χ3v) is 7.34. The van der Waals surface area contributed by atoms with E-state index in [2.05, 4.69) is 33.0 Å². The maximum Gasteiger partial charge on any atom is 0.282 e. The second kappa shape index (κ2) is 12.5. The number of hydrogen-bond acceptors (Lipinski definition) is 3. The van der Waals surface area contributed by atoms with Gasteiger partial charge in [-0.25, -0.2) is 4.98 Å². The number of H-pyrrole nitrogens is 1. The van der Waals surface area contributed by atoms with Crippen molar-refractivity contribution in [3.63, 3.8) is 0 Å². The van der Waals surface area contributed by atoms with Crippen molar-refractivity contribution in [3.8, 4) is 34.1 Å². The topological polar surface area (TPSA) is 59.9 Å². The first-order valence-electron chi connectivity index (χ1n) is 12.9. The molecule has 0 saturated carbocycles. The number of rotatable bonds is 11. The normalized spacial score (nSPS) is 11.2. The molecule has 0 saturated heterocycles. The summed E-state index contributed by atoms with van der Waals surface area (Å²) >= 11 is 10.0. The minimum atomic E-state index is -0.183. The molecule has 2 aliphatic rings. The highest BCUT2D eigenvalue weighted by Gasteiger charge is 2.22. The molecule has 5 rings (SSSR count). The zero-order valence-electron chi connectivity index (χ0n) is 21.0. The van der Waals surface area contributed by atoms with Gasteiger partial charge in [-0.05, 0) is 42.2 Å². The molecular formula is C31H29BrClN3O2. The number of halogens is 2. The van der Waals surface area contributed by atoms with Gasteiger partial charge < -0.3 is 9.72 Å². The molecule has 0 spiro atoms. The van der Waals surface area contributed by atoms with E-state index < -0.39 is 0 Å². The first kappa shape index (κ1) is 26.3. The molecule has 2 heterocycles. The summed E-state index contributed by atoms with van der Waals surface area (Å²) in [5.74, 6) is 1.23. The van der Waals surface area contributed by atoms with Crippen molar-refractivity contribution in [2.45, 2.75) is 32.1 Å². The molecule has 0 amide bonds. The first-order valence-corrected chi connectivity index (χ1v) is 14.4. The van der Waals surface area contributed by atoms with Gasteiger partial charge >= 0.3 is 0 Å². The third kappa shape index (κ3) is 6.03. The predicted octanol–water partition coefficient (Wildman–Crippen LogP) is 7.91. The Bertz CT molecular complexity index is 1520. The number of benzene rings is 3. The smallest absolute Gasteiger partial charge is 0.282 e. The summed E-state index contributed by atoms with van der Waals surface area (Å²) in [6.45, 7) is 0.615. The standard InChI is InChI=1S/C31H29BrClN3O2/c32-17-9-1-2-10-18-38-28-16-15-24(20-25(28)33)29-31(37)36-21-27(23-13-7-4-8-14-23)34-26(30(36)35-29)19-22-11-5-3-6-12-22/h3-8,11-16,20-21,34H,1-2,9-10,17-19H2. The minimum absolute atomic E-state index is 0.183. The quantitative estimate of drug-likeness (QED) is 0.126. The molecule has 3 aromatic rings. The Morgan fingerprint density at radius 3 is 2.37 bits per heavy atom. The summed E-state index contributed by atoms with van der Waals surface area (Å²) in [6.07, 6.45) is 6.89. The Morgan fingerprint density at radius 1 is 0.895 bits per heavy atom. The minimum Gasteiger partial charge on any atom is -0.492 e. The highest BCUT2D eigenvalue weighted by atomic mass is 79.9. The Balaban J connectivity index is 1.48. The average molecular weight is 591 g/mol. The maximum atomic E-state index is 13.6. The van der Waals surface area contributed by atoms with E-state index in [1.54, 1.807) is 10.6 Å². The number of unbranched alkanes of at least 4 members (excludes halogenated alkanes) is 3. The summed E-state index contributed by atoms with van der Waals surface area (Å²) < 4.78 is 7.53. The molecule has 1 N–H and O–H groups in total. The van der Waals surface area contributed by atoms with Gasteiger partial charge in [0, 0.05) is 23.5 Å². The van der Waals surface area contributed by atoms with Crippen molar-refractivity contribution >= 4 is 27.5 Å². The largest absolute Gasteiger partial charge is 0.492 e. The van der Waals surface area contributed by atoms with Crippen LogP contribution in [0.4, 0.5) is 0 Å². The molecule has 194 valence electrons. The summed E-state index contributed by atoms with van der Waals surface area (Å²) in [5.41, 5.74) is 4.69. The fraction of sp³-hybridized carbons (Fsp3) is 0.226. The average Bonchev–Trinajstić information content (AvgIpc) is 3.29. The Labute approximate surface area is 235 Å². The maximum absolute atomic E-state index is 13.6. The van der Waals surface area contributed by atoms with Crippen LogP contribution in [0.5, 0.6) is 5.75 Å². The molecule has 0 aromatic heterocycles. The van der Waals surface area contributed by atoms with Gasteiger partial charge in [-0.1, -0.05) is 101 Å². The van der Waals surface area contributed by atoms with Gasteiger partial charge in [0.15, 0.2) is 5.82 Å². The molecule has 2 aliphatic heterocycles. The van der Waals surface area contributed by atoms with Crippen molar-refractivity contribution in [2.24, 2.45) is 0 Å². The number of nitrogens with zero attached hydrogens (tertiary/aromatic N) is 2. The number of imidazole rings is 1. The van der Waals surface area contributed by atoms with Crippen molar-refractivity contribution in [1.29, 1.82) is 0 Å². The van der Waals surface area contributed by atoms with E-state index in [1.165, 1.54) is 12.8 Å². The molecule has 0 fully saturated rings. The van der Waals surface area contributed by atoms with Gasteiger partial charge in [0.1, 0.15) is 11.4 Å². The van der Waals surface area contributed by atoms with Crippen molar-refractivity contribution in [3.05, 3.63) is 112 Å². The number of aromatic amines is 1. The van der Waals surface area contributed by atoms with Crippen LogP contribution in [0.25, 0.3) is 28.3 Å². The summed E-state index contributed by atoms with van der Waals surface area (Å²) in [5, 5.41) is 1.51. The molecule has 0 aliphatic carbocycles. The van der Waals surface area contributed by atoms with Crippen LogP contribution < -0.4 is 10.3 Å². The summed E-state index contributed by atoms with van der Waals surface area (Å²) in [6, 6.07) is 25.6. The summed E-state index contributed by atoms with van der Waals surface area (Å²) in [4.78, 5) is 22.0. The lowest BCUT2D eigenvalue weighted by Gasteiger charge is -2.13. The molecule has 0 bridgehead atoms. The van der Waals surface area contributed by atoms with E-state index in [0.29, 0.717) is 40.9 Å². The highest BCUT2D eigenvalue weighted by molar-refractivity contribution is 9.09. The van der Waals surface area contributed by atoms with E-state index in [9.17, 15) is 4.79 Å². The van der Waals surface area contributed by atoms with Crippen molar-refractivity contribution in [2.75, 3.05) is 11.9 Å². The van der Waals surface area contributed by atoms with E-state index in [4.69, 9.17) is 21.3 Å². The second-order valence-corrected chi connectivity index (χ2v) is 10.4. The third-order valence-electron chi connectivity index (χ3n) is 6.48. The van der Waals surface area contributed by atoms with Crippen LogP contribution >= 0.6 is 27.5 Å². The van der Waals surface area contributed by atoms with Gasteiger partial charge in [-0.15, -0.1) is 0 Å². The Morgan fingerprint density at radius 2 is 1.63 bits per heavy atom. The predicted molar refractivity (Wildman–Crippen MR) is 158 cm³/mol. The Kier molecular flexibility index (Phi) is 8.61. The van der Waals surface area contributed by atoms with Crippen LogP contribution in [0, 0.1) is 0 Å². The molecule has 5 nitrogen and oxygen atoms in total. The second-order valence-electron chi connectivity index (χ2n) is 9.23. The number of ether oxygens (including phenoxy) is 1. The molecule has 38 heavy (non-hydrogen) atoms. The van der Waals surface area contributed by atoms with E-state index in [0.717, 1.165) is 40.7 Å². The SMILES string of the molecule is O=c1c(-c2ccc(OCCCCCCBr)c(Cl)c2)nc2c(Cc3ccccc3)[nH]c(-c3ccccc3)cn1-2. The molecule has 0 unspecified atom stereocenters. The highest BCUT2D eigenvalue weighted by Crippen LogP contribution is 2.31. The van der Waals surface area contributed by atoms with Crippen LogP contribution in [0.3, 0.4) is 0 Å². The molecule has 0 radical (unpaired) electrons.